The number of likely N-dealkylation sites (tertiary alicyclic amines) is 1. The van der Waals surface area contributed by atoms with Crippen molar-refractivity contribution in [1.82, 2.24) is 4.90 Å². The van der Waals surface area contributed by atoms with Gasteiger partial charge >= 0.3 is 5.97 Å². The summed E-state index contributed by atoms with van der Waals surface area (Å²) in [4.78, 5) is 40.5. The predicted molar refractivity (Wildman–Crippen MR) is 107 cm³/mol. The first-order chi connectivity index (χ1) is 14.1. The molecule has 0 spiro atoms. The Kier molecular flexibility index (Phi) is 6.02. The zero-order chi connectivity index (χ0) is 20.2. The van der Waals surface area contributed by atoms with Gasteiger partial charge in [-0.2, -0.15) is 0 Å². The Bertz CT molecular complexity index is 778. The lowest BCUT2D eigenvalue weighted by Gasteiger charge is -2.44. The fourth-order valence-electron chi connectivity index (χ4n) is 4.83. The monoisotopic (exact) mass is 400 g/mol. The number of carbonyl (C=O) groups excluding carboxylic acids is 3. The second-order valence-corrected chi connectivity index (χ2v) is 8.05. The molecule has 29 heavy (non-hydrogen) atoms. The summed E-state index contributed by atoms with van der Waals surface area (Å²) in [6.07, 6.45) is 6.94. The van der Waals surface area contributed by atoms with E-state index in [-0.39, 0.29) is 38.0 Å². The lowest BCUT2D eigenvalue weighted by Crippen LogP contribution is -2.51. The predicted octanol–water partition coefficient (Wildman–Crippen LogP) is 2.53. The van der Waals surface area contributed by atoms with E-state index in [1.165, 1.54) is 25.7 Å². The van der Waals surface area contributed by atoms with E-state index >= 15 is 0 Å². The lowest BCUT2D eigenvalue weighted by atomic mass is 9.78. The van der Waals surface area contributed by atoms with Gasteiger partial charge in [-0.3, -0.25) is 14.4 Å². The number of piperidine rings is 1. The van der Waals surface area contributed by atoms with E-state index in [9.17, 15) is 14.4 Å². The topological polar surface area (TPSA) is 76.1 Å². The zero-order valence-corrected chi connectivity index (χ0v) is 16.7. The van der Waals surface area contributed by atoms with Gasteiger partial charge in [0.05, 0.1) is 12.1 Å². The third-order valence-corrected chi connectivity index (χ3v) is 6.27. The van der Waals surface area contributed by atoms with Gasteiger partial charge in [0, 0.05) is 19.1 Å². The van der Waals surface area contributed by atoms with Crippen LogP contribution in [0.5, 0.6) is 5.75 Å². The van der Waals surface area contributed by atoms with Gasteiger partial charge in [0.2, 0.25) is 0 Å². The molecule has 1 aromatic rings. The number of ether oxygens (including phenoxy) is 2. The smallest absolute Gasteiger partial charge is 0.308 e. The van der Waals surface area contributed by atoms with Gasteiger partial charge in [-0.15, -0.1) is 0 Å². The minimum atomic E-state index is -0.465. The summed E-state index contributed by atoms with van der Waals surface area (Å²) in [5, 5.41) is 0. The van der Waals surface area contributed by atoms with E-state index in [0.717, 1.165) is 19.4 Å². The molecule has 2 amide bonds. The Labute approximate surface area is 170 Å². The standard InChI is InChI=1S/C22H28N2O5/c25-20-14-28-19-10-4-3-9-18(19)24(20)13-11-22(27)29-15-21(26)23-12-5-7-16-6-1-2-8-17(16)23/h3-4,9-10,16-17H,1-2,5-8,11-15H2/t16-,17-/m1/s1. The molecule has 2 fully saturated rings. The average molecular weight is 400 g/mol. The van der Waals surface area contributed by atoms with Crippen LogP contribution in [0, 0.1) is 5.92 Å². The van der Waals surface area contributed by atoms with E-state index in [1.807, 2.05) is 17.0 Å². The summed E-state index contributed by atoms with van der Waals surface area (Å²) >= 11 is 0. The highest BCUT2D eigenvalue weighted by Crippen LogP contribution is 2.35. The summed E-state index contributed by atoms with van der Waals surface area (Å²) < 4.78 is 10.7. The maximum atomic E-state index is 12.6. The molecule has 0 unspecified atom stereocenters. The van der Waals surface area contributed by atoms with Crippen molar-refractivity contribution >= 4 is 23.5 Å². The largest absolute Gasteiger partial charge is 0.482 e. The Morgan fingerprint density at radius 1 is 1.10 bits per heavy atom. The van der Waals surface area contributed by atoms with Crippen LogP contribution in [0.2, 0.25) is 0 Å². The number of anilines is 1. The van der Waals surface area contributed by atoms with E-state index in [4.69, 9.17) is 9.47 Å². The number of para-hydroxylation sites is 2. The van der Waals surface area contributed by atoms with Crippen LogP contribution in [0.1, 0.15) is 44.9 Å². The maximum Gasteiger partial charge on any atom is 0.308 e. The molecule has 7 heteroatoms. The van der Waals surface area contributed by atoms with Gasteiger partial charge in [0.25, 0.3) is 11.8 Å². The summed E-state index contributed by atoms with van der Waals surface area (Å²) in [5.74, 6) is 0.478. The van der Waals surface area contributed by atoms with Crippen molar-refractivity contribution in [3.63, 3.8) is 0 Å². The molecule has 2 heterocycles. The third-order valence-electron chi connectivity index (χ3n) is 6.27. The van der Waals surface area contributed by atoms with Crippen LogP contribution in [-0.4, -0.2) is 55.0 Å². The number of carbonyl (C=O) groups is 3. The summed E-state index contributed by atoms with van der Waals surface area (Å²) in [6, 6.07) is 7.55. The molecule has 0 N–H and O–H groups in total. The van der Waals surface area contributed by atoms with Gasteiger partial charge in [0.1, 0.15) is 5.75 Å². The van der Waals surface area contributed by atoms with Crippen molar-refractivity contribution in [3.8, 4) is 5.75 Å². The molecule has 7 nitrogen and oxygen atoms in total. The third kappa shape index (κ3) is 4.38. The molecule has 1 saturated heterocycles. The number of esters is 1. The second kappa shape index (κ2) is 8.84. The van der Waals surface area contributed by atoms with Crippen molar-refractivity contribution in [3.05, 3.63) is 24.3 Å². The van der Waals surface area contributed by atoms with Crippen molar-refractivity contribution in [2.24, 2.45) is 5.92 Å². The molecule has 3 aliphatic rings. The minimum absolute atomic E-state index is 0.0396. The van der Waals surface area contributed by atoms with Gasteiger partial charge in [-0.05, 0) is 43.7 Å². The number of benzene rings is 1. The number of amides is 2. The Hall–Kier alpha value is -2.57. The molecule has 2 aliphatic heterocycles. The van der Waals surface area contributed by atoms with Crippen LogP contribution in [0.25, 0.3) is 0 Å². The Morgan fingerprint density at radius 3 is 2.79 bits per heavy atom. The Balaban J connectivity index is 1.27. The summed E-state index contributed by atoms with van der Waals surface area (Å²) in [6.45, 7) is 0.717. The lowest BCUT2D eigenvalue weighted by molar-refractivity contribution is -0.154. The van der Waals surface area contributed by atoms with E-state index in [2.05, 4.69) is 0 Å². The molecule has 0 radical (unpaired) electrons. The van der Waals surface area contributed by atoms with Crippen LogP contribution in [-0.2, 0) is 19.1 Å². The number of rotatable bonds is 5. The summed E-state index contributed by atoms with van der Waals surface area (Å²) in [7, 11) is 0. The van der Waals surface area contributed by atoms with E-state index < -0.39 is 5.97 Å². The number of nitrogens with zero attached hydrogens (tertiary/aromatic N) is 2. The first kappa shape index (κ1) is 19.7. The Morgan fingerprint density at radius 2 is 1.90 bits per heavy atom. The van der Waals surface area contributed by atoms with E-state index in [1.54, 1.807) is 17.0 Å². The van der Waals surface area contributed by atoms with Crippen molar-refractivity contribution in [1.29, 1.82) is 0 Å². The quantitative estimate of drug-likeness (QED) is 0.710. The molecular formula is C22H28N2O5. The molecule has 156 valence electrons. The van der Waals surface area contributed by atoms with E-state index in [0.29, 0.717) is 23.4 Å². The van der Waals surface area contributed by atoms with Crippen LogP contribution in [0.15, 0.2) is 24.3 Å². The fourth-order valence-corrected chi connectivity index (χ4v) is 4.83. The maximum absolute atomic E-state index is 12.6. The number of hydrogen-bond donors (Lipinski definition) is 0. The summed E-state index contributed by atoms with van der Waals surface area (Å²) in [5.41, 5.74) is 0.657. The fraction of sp³-hybridized carbons (Fsp3) is 0.591. The second-order valence-electron chi connectivity index (χ2n) is 8.05. The minimum Gasteiger partial charge on any atom is -0.482 e. The first-order valence-electron chi connectivity index (χ1n) is 10.6. The number of hydrogen-bond acceptors (Lipinski definition) is 5. The van der Waals surface area contributed by atoms with Gasteiger partial charge in [0.15, 0.2) is 13.2 Å². The normalized spacial score (nSPS) is 23.7. The highest BCUT2D eigenvalue weighted by atomic mass is 16.5. The zero-order valence-electron chi connectivity index (χ0n) is 16.7. The van der Waals surface area contributed by atoms with Crippen LogP contribution >= 0.6 is 0 Å². The van der Waals surface area contributed by atoms with Crippen molar-refractivity contribution < 1.29 is 23.9 Å². The number of fused-ring (bicyclic) bond motifs is 2. The van der Waals surface area contributed by atoms with Crippen LogP contribution in [0.3, 0.4) is 0 Å². The first-order valence-corrected chi connectivity index (χ1v) is 10.6. The van der Waals surface area contributed by atoms with Gasteiger partial charge < -0.3 is 19.3 Å². The van der Waals surface area contributed by atoms with Crippen LogP contribution < -0.4 is 9.64 Å². The van der Waals surface area contributed by atoms with Gasteiger partial charge in [-0.25, -0.2) is 0 Å². The molecule has 0 bridgehead atoms. The SMILES string of the molecule is O=C(CCN1C(=O)COc2ccccc21)OCC(=O)N1CCC[C@H]2CCCC[C@H]21. The molecule has 2 atom stereocenters. The molecule has 1 aromatic carbocycles. The molecule has 0 aromatic heterocycles. The highest BCUT2D eigenvalue weighted by Gasteiger charge is 2.35. The molecular weight excluding hydrogens is 372 g/mol. The van der Waals surface area contributed by atoms with Crippen molar-refractivity contribution in [2.45, 2.75) is 51.0 Å². The van der Waals surface area contributed by atoms with Gasteiger partial charge in [-0.1, -0.05) is 25.0 Å². The molecule has 4 rings (SSSR count). The molecule has 1 aliphatic carbocycles. The van der Waals surface area contributed by atoms with Crippen LogP contribution in [0.4, 0.5) is 5.69 Å². The average Bonchev–Trinajstić information content (AvgIpc) is 2.76. The molecule has 1 saturated carbocycles. The highest BCUT2D eigenvalue weighted by molar-refractivity contribution is 5.98. The van der Waals surface area contributed by atoms with Crippen molar-refractivity contribution in [2.75, 3.05) is 31.2 Å².